The van der Waals surface area contributed by atoms with Gasteiger partial charge in [-0.2, -0.15) is 0 Å². The molecule has 0 aliphatic carbocycles. The van der Waals surface area contributed by atoms with Gasteiger partial charge in [0.2, 0.25) is 11.8 Å². The van der Waals surface area contributed by atoms with Gasteiger partial charge in [-0.15, -0.1) is 0 Å². The van der Waals surface area contributed by atoms with E-state index in [0.717, 1.165) is 4.57 Å². The van der Waals surface area contributed by atoms with Crippen LogP contribution < -0.4 is 5.32 Å². The number of nitrogens with zero attached hydrogens (tertiary/aromatic N) is 2. The van der Waals surface area contributed by atoms with E-state index >= 15 is 0 Å². The molecule has 0 spiro atoms. The van der Waals surface area contributed by atoms with Crippen LogP contribution in [0.4, 0.5) is 16.2 Å². The standard InChI is InChI=1S/C30H29N3O6/c1-18(34)33-24-17-20(28(36)38-5)11-16-23(24)25(27(33)35)26(19-9-7-6-8-10-19)31-21-12-14-22(15-13-21)32-29(37)39-30(2,3)4/h6-17,35H,1-5H3,(H,32,37). The summed E-state index contributed by atoms with van der Waals surface area (Å²) in [6, 6.07) is 20.8. The van der Waals surface area contributed by atoms with E-state index in [2.05, 4.69) is 5.32 Å². The quantitative estimate of drug-likeness (QED) is 0.232. The molecule has 0 unspecified atom stereocenters. The predicted octanol–water partition coefficient (Wildman–Crippen LogP) is 6.31. The van der Waals surface area contributed by atoms with Crippen LogP contribution in [0.1, 0.15) is 54.0 Å². The highest BCUT2D eigenvalue weighted by atomic mass is 16.6. The largest absolute Gasteiger partial charge is 0.494 e. The van der Waals surface area contributed by atoms with Crippen LogP contribution in [0.5, 0.6) is 5.88 Å². The van der Waals surface area contributed by atoms with E-state index in [1.807, 2.05) is 30.3 Å². The van der Waals surface area contributed by atoms with Crippen molar-refractivity contribution in [2.45, 2.75) is 33.3 Å². The van der Waals surface area contributed by atoms with Crippen LogP contribution in [0, 0.1) is 0 Å². The fourth-order valence-corrected chi connectivity index (χ4v) is 4.10. The number of aromatic nitrogens is 1. The number of anilines is 1. The fourth-order valence-electron chi connectivity index (χ4n) is 4.10. The van der Waals surface area contributed by atoms with E-state index < -0.39 is 23.6 Å². The van der Waals surface area contributed by atoms with Crippen molar-refractivity contribution < 1.29 is 29.0 Å². The minimum absolute atomic E-state index is 0.239. The Morgan fingerprint density at radius 3 is 2.18 bits per heavy atom. The van der Waals surface area contributed by atoms with Gasteiger partial charge in [0.25, 0.3) is 0 Å². The van der Waals surface area contributed by atoms with E-state index in [4.69, 9.17) is 14.5 Å². The summed E-state index contributed by atoms with van der Waals surface area (Å²) in [4.78, 5) is 41.7. The Morgan fingerprint density at radius 2 is 1.59 bits per heavy atom. The first-order valence-corrected chi connectivity index (χ1v) is 12.2. The van der Waals surface area contributed by atoms with Crippen molar-refractivity contribution in [2.75, 3.05) is 12.4 Å². The van der Waals surface area contributed by atoms with E-state index in [0.29, 0.717) is 39.1 Å². The van der Waals surface area contributed by atoms with Crippen molar-refractivity contribution in [3.05, 3.63) is 89.5 Å². The molecular formula is C30H29N3O6. The van der Waals surface area contributed by atoms with Crippen molar-refractivity contribution in [1.29, 1.82) is 0 Å². The van der Waals surface area contributed by atoms with Gasteiger partial charge >= 0.3 is 12.1 Å². The van der Waals surface area contributed by atoms with Gasteiger partial charge in [-0.1, -0.05) is 36.4 Å². The lowest BCUT2D eigenvalue weighted by Gasteiger charge is -2.19. The highest BCUT2D eigenvalue weighted by Crippen LogP contribution is 2.35. The summed E-state index contributed by atoms with van der Waals surface area (Å²) in [6.45, 7) is 6.67. The lowest BCUT2D eigenvalue weighted by Crippen LogP contribution is -2.27. The van der Waals surface area contributed by atoms with E-state index in [9.17, 15) is 19.5 Å². The molecule has 9 heteroatoms. The molecule has 0 saturated carbocycles. The van der Waals surface area contributed by atoms with Gasteiger partial charge in [-0.25, -0.2) is 14.6 Å². The van der Waals surface area contributed by atoms with Gasteiger partial charge in [-0.05, 0) is 57.2 Å². The minimum atomic E-state index is -0.627. The first kappa shape index (κ1) is 27.1. The van der Waals surface area contributed by atoms with E-state index in [-0.39, 0.29) is 11.4 Å². The number of amides is 1. The zero-order chi connectivity index (χ0) is 28.3. The zero-order valence-corrected chi connectivity index (χ0v) is 22.3. The Labute approximate surface area is 225 Å². The molecule has 3 aromatic carbocycles. The lowest BCUT2D eigenvalue weighted by atomic mass is 10.00. The number of aromatic hydroxyl groups is 1. The molecule has 0 fully saturated rings. The van der Waals surface area contributed by atoms with E-state index in [1.165, 1.54) is 20.1 Å². The van der Waals surface area contributed by atoms with Crippen molar-refractivity contribution in [1.82, 2.24) is 4.57 Å². The van der Waals surface area contributed by atoms with Crippen LogP contribution in [-0.4, -0.2) is 46.1 Å². The van der Waals surface area contributed by atoms with Crippen LogP contribution >= 0.6 is 0 Å². The van der Waals surface area contributed by atoms with Crippen molar-refractivity contribution in [2.24, 2.45) is 4.99 Å². The average Bonchev–Trinajstić information content (AvgIpc) is 3.18. The molecule has 4 rings (SSSR count). The maximum atomic E-state index is 12.6. The Hall–Kier alpha value is -4.92. The number of hydrogen-bond donors (Lipinski definition) is 2. The monoisotopic (exact) mass is 527 g/mol. The summed E-state index contributed by atoms with van der Waals surface area (Å²) in [5, 5.41) is 14.5. The average molecular weight is 528 g/mol. The van der Waals surface area contributed by atoms with Gasteiger partial charge < -0.3 is 14.6 Å². The Balaban J connectivity index is 1.84. The number of ether oxygens (including phenoxy) is 2. The molecule has 39 heavy (non-hydrogen) atoms. The van der Waals surface area contributed by atoms with Crippen LogP contribution in [0.3, 0.4) is 0 Å². The van der Waals surface area contributed by atoms with Crippen LogP contribution in [0.25, 0.3) is 10.9 Å². The maximum absolute atomic E-state index is 12.6. The molecule has 0 aliphatic heterocycles. The van der Waals surface area contributed by atoms with Crippen LogP contribution in [0.2, 0.25) is 0 Å². The molecular weight excluding hydrogens is 498 g/mol. The molecule has 0 aliphatic rings. The minimum Gasteiger partial charge on any atom is -0.494 e. The molecule has 0 radical (unpaired) electrons. The van der Waals surface area contributed by atoms with Crippen molar-refractivity contribution in [3.63, 3.8) is 0 Å². The second kappa shape index (κ2) is 10.8. The molecule has 0 saturated heterocycles. The summed E-state index contributed by atoms with van der Waals surface area (Å²) in [5.74, 6) is -1.30. The molecule has 200 valence electrons. The molecule has 1 heterocycles. The molecule has 1 aromatic heterocycles. The molecule has 1 amide bonds. The molecule has 0 bridgehead atoms. The van der Waals surface area contributed by atoms with Crippen LogP contribution in [0.15, 0.2) is 77.8 Å². The van der Waals surface area contributed by atoms with Crippen molar-refractivity contribution >= 4 is 46.0 Å². The van der Waals surface area contributed by atoms with Gasteiger partial charge in [0, 0.05) is 23.6 Å². The first-order chi connectivity index (χ1) is 18.5. The third-order valence-electron chi connectivity index (χ3n) is 5.72. The third kappa shape index (κ3) is 5.98. The maximum Gasteiger partial charge on any atom is 0.412 e. The Morgan fingerprint density at radius 1 is 0.923 bits per heavy atom. The van der Waals surface area contributed by atoms with Crippen LogP contribution in [-0.2, 0) is 9.47 Å². The van der Waals surface area contributed by atoms with Crippen molar-refractivity contribution in [3.8, 4) is 5.88 Å². The second-order valence-corrected chi connectivity index (χ2v) is 9.78. The number of hydrogen-bond acceptors (Lipinski definition) is 7. The first-order valence-electron chi connectivity index (χ1n) is 12.2. The predicted molar refractivity (Wildman–Crippen MR) is 149 cm³/mol. The highest BCUT2D eigenvalue weighted by molar-refractivity contribution is 6.23. The Bertz CT molecular complexity index is 1580. The molecule has 2 N–H and O–H groups in total. The SMILES string of the molecule is COC(=O)c1ccc2c(C(=Nc3ccc(NC(=O)OC(C)(C)C)cc3)c3ccccc3)c(O)n(C(C)=O)c2c1. The molecule has 9 nitrogen and oxygen atoms in total. The number of carbonyl (C=O) groups is 3. The number of nitrogens with one attached hydrogen (secondary N) is 1. The zero-order valence-electron chi connectivity index (χ0n) is 22.3. The number of esters is 1. The fraction of sp³-hybridized carbons (Fsp3) is 0.200. The second-order valence-electron chi connectivity index (χ2n) is 9.78. The number of benzene rings is 3. The number of carbonyl (C=O) groups excluding carboxylic acids is 3. The normalized spacial score (nSPS) is 11.8. The molecule has 4 aromatic rings. The summed E-state index contributed by atoms with van der Waals surface area (Å²) >= 11 is 0. The smallest absolute Gasteiger partial charge is 0.412 e. The summed E-state index contributed by atoms with van der Waals surface area (Å²) in [5.41, 5.74) is 2.46. The summed E-state index contributed by atoms with van der Waals surface area (Å²) in [7, 11) is 1.27. The summed E-state index contributed by atoms with van der Waals surface area (Å²) in [6.07, 6.45) is -0.572. The van der Waals surface area contributed by atoms with Gasteiger partial charge in [0.05, 0.1) is 35.2 Å². The number of rotatable bonds is 5. The number of methoxy groups -OCH3 is 1. The van der Waals surface area contributed by atoms with Gasteiger partial charge in [0.15, 0.2) is 0 Å². The third-order valence-corrected chi connectivity index (χ3v) is 5.72. The highest BCUT2D eigenvalue weighted by Gasteiger charge is 2.25. The van der Waals surface area contributed by atoms with Gasteiger partial charge in [0.1, 0.15) is 5.60 Å². The topological polar surface area (TPSA) is 119 Å². The number of fused-ring (bicyclic) bond motifs is 1. The summed E-state index contributed by atoms with van der Waals surface area (Å²) < 4.78 is 11.3. The molecule has 0 atom stereocenters. The Kier molecular flexibility index (Phi) is 7.53. The van der Waals surface area contributed by atoms with Gasteiger partial charge in [-0.3, -0.25) is 14.7 Å². The number of aliphatic imine (C=N–C) groups is 1. The lowest BCUT2D eigenvalue weighted by molar-refractivity contribution is 0.0598. The van der Waals surface area contributed by atoms with E-state index in [1.54, 1.807) is 57.2 Å².